The lowest BCUT2D eigenvalue weighted by Gasteiger charge is -2.34. The summed E-state index contributed by atoms with van der Waals surface area (Å²) in [6.07, 6.45) is 0. The summed E-state index contributed by atoms with van der Waals surface area (Å²) in [7, 11) is 1.60. The molecule has 0 saturated carbocycles. The topological polar surface area (TPSA) is 118 Å². The summed E-state index contributed by atoms with van der Waals surface area (Å²) in [4.78, 5) is 48.3. The van der Waals surface area contributed by atoms with Crippen molar-refractivity contribution in [3.05, 3.63) is 79.7 Å². The number of carboxylic acid groups (broad SMARTS) is 1. The van der Waals surface area contributed by atoms with E-state index in [1.165, 1.54) is 28.4 Å². The van der Waals surface area contributed by atoms with Crippen molar-refractivity contribution < 1.29 is 19.5 Å². The minimum Gasteiger partial charge on any atom is -0.478 e. The van der Waals surface area contributed by atoms with Crippen LogP contribution >= 0.6 is 34.5 Å². The van der Waals surface area contributed by atoms with E-state index >= 15 is 0 Å². The molecule has 188 valence electrons. The van der Waals surface area contributed by atoms with Gasteiger partial charge in [0.05, 0.1) is 22.9 Å². The Morgan fingerprint density at radius 1 is 1.22 bits per heavy atom. The minimum atomic E-state index is -1.25. The Hall–Kier alpha value is -3.49. The van der Waals surface area contributed by atoms with Gasteiger partial charge in [-0.1, -0.05) is 35.3 Å². The average Bonchev–Trinajstić information content (AvgIpc) is 3.53. The molecule has 1 N–H and O–H groups in total. The third-order valence-corrected chi connectivity index (χ3v) is 8.17. The molecule has 37 heavy (non-hydrogen) atoms. The van der Waals surface area contributed by atoms with Gasteiger partial charge >= 0.3 is 12.0 Å². The first-order valence-electron chi connectivity index (χ1n) is 11.1. The lowest BCUT2D eigenvalue weighted by Crippen LogP contribution is -2.53. The molecule has 3 aromatic rings. The first kappa shape index (κ1) is 25.2. The van der Waals surface area contributed by atoms with Crippen molar-refractivity contribution in [1.82, 2.24) is 14.8 Å². The van der Waals surface area contributed by atoms with Crippen molar-refractivity contribution in [2.75, 3.05) is 25.0 Å². The number of aromatic nitrogens is 1. The summed E-state index contributed by atoms with van der Waals surface area (Å²) in [5, 5.41) is 20.2. The number of anilines is 1. The zero-order chi connectivity index (χ0) is 26.5. The Balaban J connectivity index is 1.56. The van der Waals surface area contributed by atoms with Crippen LogP contribution in [0.25, 0.3) is 0 Å². The van der Waals surface area contributed by atoms with Crippen LogP contribution in [-0.2, 0) is 11.3 Å². The molecule has 2 saturated heterocycles. The monoisotopic (exact) mass is 555 g/mol. The van der Waals surface area contributed by atoms with E-state index in [1.54, 1.807) is 42.8 Å². The Kier molecular flexibility index (Phi) is 6.41. The number of pyridine rings is 1. The Morgan fingerprint density at radius 2 is 1.89 bits per heavy atom. The highest BCUT2D eigenvalue weighted by Crippen LogP contribution is 2.47. The lowest BCUT2D eigenvalue weighted by atomic mass is 9.80. The molecule has 1 aromatic carbocycles. The number of likely N-dealkylation sites (tertiary alicyclic amines) is 1. The molecule has 2 aliphatic rings. The van der Waals surface area contributed by atoms with Crippen molar-refractivity contribution >= 4 is 58.1 Å². The smallest absolute Gasteiger partial charge is 0.336 e. The number of carbonyl (C=O) groups excluding carboxylic acids is 2. The van der Waals surface area contributed by atoms with E-state index in [2.05, 4.69) is 11.1 Å². The summed E-state index contributed by atoms with van der Waals surface area (Å²) < 4.78 is 0. The van der Waals surface area contributed by atoms with Gasteiger partial charge in [-0.05, 0) is 35.9 Å². The number of imide groups is 1. The average molecular weight is 556 g/mol. The summed E-state index contributed by atoms with van der Waals surface area (Å²) >= 11 is 13.5. The van der Waals surface area contributed by atoms with Crippen LogP contribution in [0.5, 0.6) is 0 Å². The van der Waals surface area contributed by atoms with Crippen LogP contribution in [0.15, 0.2) is 47.8 Å². The third-order valence-electron chi connectivity index (χ3n) is 6.86. The van der Waals surface area contributed by atoms with E-state index < -0.39 is 29.4 Å². The molecule has 2 fully saturated rings. The van der Waals surface area contributed by atoms with Gasteiger partial charge in [0.2, 0.25) is 0 Å². The molecule has 9 nitrogen and oxygen atoms in total. The number of carbonyl (C=O) groups is 3. The molecule has 2 aliphatic heterocycles. The molecule has 2 atom stereocenters. The number of rotatable bonds is 5. The molecule has 2 aromatic heterocycles. The predicted molar refractivity (Wildman–Crippen MR) is 138 cm³/mol. The zero-order valence-corrected chi connectivity index (χ0v) is 21.7. The number of halogens is 2. The van der Waals surface area contributed by atoms with Gasteiger partial charge in [0, 0.05) is 42.9 Å². The molecular formula is C25H19Cl2N5O4S. The van der Waals surface area contributed by atoms with Gasteiger partial charge in [-0.25, -0.2) is 19.5 Å². The van der Waals surface area contributed by atoms with Crippen LogP contribution in [0.2, 0.25) is 10.3 Å². The molecular weight excluding hydrogens is 537 g/mol. The molecule has 4 heterocycles. The maximum atomic E-state index is 14.2. The largest absolute Gasteiger partial charge is 0.478 e. The standard InChI is InChI=1S/C25H19Cl2N5O4S/c1-30-24(36)32(17-7-20(26)29-21(27)8-17)23(35)25(30)13-31(10-18-6-16(12-37-18)22(33)34)11-19(25)15-4-2-14(9-28)3-5-15/h2-8,12,19H,10-11,13H2,1H3,(H,33,34). The second-order valence-electron chi connectivity index (χ2n) is 8.94. The number of likely N-dealkylation sites (N-methyl/N-ethyl adjacent to an activating group) is 1. The van der Waals surface area contributed by atoms with E-state index in [0.717, 1.165) is 15.3 Å². The fourth-order valence-corrected chi connectivity index (χ4v) is 6.47. The van der Waals surface area contributed by atoms with Gasteiger partial charge in [0.15, 0.2) is 0 Å². The maximum Gasteiger partial charge on any atom is 0.336 e. The van der Waals surface area contributed by atoms with E-state index in [9.17, 15) is 24.8 Å². The molecule has 1 spiro atoms. The number of thiophene rings is 1. The normalized spacial score (nSPS) is 21.7. The van der Waals surface area contributed by atoms with Gasteiger partial charge in [-0.15, -0.1) is 11.3 Å². The Morgan fingerprint density at radius 3 is 2.49 bits per heavy atom. The minimum absolute atomic E-state index is 0.0512. The van der Waals surface area contributed by atoms with E-state index in [-0.39, 0.29) is 28.1 Å². The highest BCUT2D eigenvalue weighted by molar-refractivity contribution is 7.10. The van der Waals surface area contributed by atoms with Crippen molar-refractivity contribution in [3.63, 3.8) is 0 Å². The van der Waals surface area contributed by atoms with Crippen molar-refractivity contribution in [2.45, 2.75) is 18.0 Å². The number of nitrogens with zero attached hydrogens (tertiary/aromatic N) is 5. The number of hydrogen-bond donors (Lipinski definition) is 1. The van der Waals surface area contributed by atoms with Gasteiger partial charge in [0.1, 0.15) is 15.8 Å². The van der Waals surface area contributed by atoms with E-state index in [4.69, 9.17) is 23.2 Å². The summed E-state index contributed by atoms with van der Waals surface area (Å²) in [5.41, 5.74) is 0.474. The van der Waals surface area contributed by atoms with Crippen LogP contribution in [0.4, 0.5) is 10.5 Å². The van der Waals surface area contributed by atoms with E-state index in [0.29, 0.717) is 18.7 Å². The summed E-state index contributed by atoms with van der Waals surface area (Å²) in [6.45, 7) is 1.07. The van der Waals surface area contributed by atoms with Gasteiger partial charge < -0.3 is 10.0 Å². The number of carboxylic acids is 1. The number of nitriles is 1. The third kappa shape index (κ3) is 4.24. The zero-order valence-electron chi connectivity index (χ0n) is 19.4. The predicted octanol–water partition coefficient (Wildman–Crippen LogP) is 4.46. The highest BCUT2D eigenvalue weighted by atomic mass is 35.5. The number of aromatic carboxylic acids is 1. The molecule has 3 amide bonds. The number of amides is 3. The Bertz CT molecular complexity index is 1450. The van der Waals surface area contributed by atoms with Gasteiger partial charge in [0.25, 0.3) is 5.91 Å². The molecule has 0 radical (unpaired) electrons. The van der Waals surface area contributed by atoms with Crippen LogP contribution < -0.4 is 4.90 Å². The molecule has 2 unspecified atom stereocenters. The lowest BCUT2D eigenvalue weighted by molar-refractivity contribution is -0.124. The van der Waals surface area contributed by atoms with Crippen molar-refractivity contribution in [1.29, 1.82) is 5.26 Å². The fraction of sp³-hybridized carbons (Fsp3) is 0.240. The Labute approximate surface area is 226 Å². The van der Waals surface area contributed by atoms with E-state index in [1.807, 2.05) is 4.90 Å². The number of benzene rings is 1. The molecule has 5 rings (SSSR count). The summed E-state index contributed by atoms with van der Waals surface area (Å²) in [6, 6.07) is 13.0. The van der Waals surface area contributed by atoms with Crippen LogP contribution in [-0.4, -0.2) is 63.5 Å². The van der Waals surface area contributed by atoms with Gasteiger partial charge in [-0.3, -0.25) is 9.69 Å². The van der Waals surface area contributed by atoms with Gasteiger partial charge in [-0.2, -0.15) is 5.26 Å². The number of hydrogen-bond acceptors (Lipinski definition) is 7. The van der Waals surface area contributed by atoms with Crippen LogP contribution in [0.3, 0.4) is 0 Å². The second-order valence-corrected chi connectivity index (χ2v) is 10.7. The molecule has 12 heteroatoms. The molecule has 0 bridgehead atoms. The van der Waals surface area contributed by atoms with Crippen LogP contribution in [0.1, 0.15) is 32.3 Å². The van der Waals surface area contributed by atoms with Crippen molar-refractivity contribution in [2.24, 2.45) is 0 Å². The SMILES string of the molecule is CN1C(=O)N(c2cc(Cl)nc(Cl)c2)C(=O)C12CN(Cc1cc(C(=O)O)cs1)CC2c1ccc(C#N)cc1. The van der Waals surface area contributed by atoms with Crippen LogP contribution in [0, 0.1) is 11.3 Å². The summed E-state index contributed by atoms with van der Waals surface area (Å²) in [5.74, 6) is -1.84. The first-order valence-corrected chi connectivity index (χ1v) is 12.8. The highest BCUT2D eigenvalue weighted by Gasteiger charge is 2.64. The maximum absolute atomic E-state index is 14.2. The van der Waals surface area contributed by atoms with Crippen molar-refractivity contribution in [3.8, 4) is 6.07 Å². The molecule has 0 aliphatic carbocycles. The number of urea groups is 1. The second kappa shape index (κ2) is 9.43. The quantitative estimate of drug-likeness (QED) is 0.364. The first-order chi connectivity index (χ1) is 17.6. The fourth-order valence-electron chi connectivity index (χ4n) is 5.12.